The van der Waals surface area contributed by atoms with Crippen molar-refractivity contribution in [3.8, 4) is 0 Å². The molecule has 0 atom stereocenters. The Kier molecular flexibility index (Phi) is 18.4. The van der Waals surface area contributed by atoms with Gasteiger partial charge < -0.3 is 14.2 Å². The Hall–Kier alpha value is 0.558. The van der Waals surface area contributed by atoms with Gasteiger partial charge in [-0.05, 0) is 6.42 Å². The van der Waals surface area contributed by atoms with Crippen molar-refractivity contribution in [2.24, 2.45) is 0 Å². The first-order valence-electron chi connectivity index (χ1n) is 5.23. The molecule has 0 bridgehead atoms. The zero-order valence-corrected chi connectivity index (χ0v) is 13.1. The largest absolute Gasteiger partial charge is 5.00 e. The molecule has 0 aliphatic carbocycles. The SMILES string of the molecule is CCCCOCCOCCOC(=O)CS.[Sb+5]. The van der Waals surface area contributed by atoms with E-state index < -0.39 is 0 Å². The molecule has 16 heavy (non-hydrogen) atoms. The van der Waals surface area contributed by atoms with Crippen LogP contribution in [0.4, 0.5) is 0 Å². The van der Waals surface area contributed by atoms with Crippen LogP contribution < -0.4 is 0 Å². The van der Waals surface area contributed by atoms with Gasteiger partial charge in [-0.25, -0.2) is 0 Å². The van der Waals surface area contributed by atoms with E-state index in [1.54, 1.807) is 0 Å². The normalized spacial score (nSPS) is 9.62. The summed E-state index contributed by atoms with van der Waals surface area (Å²) in [6.07, 6.45) is 2.22. The molecular formula is C10H20O4SSb+5. The fourth-order valence-electron chi connectivity index (χ4n) is 0.828. The Morgan fingerprint density at radius 1 is 1.06 bits per heavy atom. The van der Waals surface area contributed by atoms with Crippen LogP contribution in [0.2, 0.25) is 0 Å². The van der Waals surface area contributed by atoms with Gasteiger partial charge in [0.2, 0.25) is 0 Å². The van der Waals surface area contributed by atoms with E-state index in [0.29, 0.717) is 19.8 Å². The molecule has 0 spiro atoms. The third-order valence-electron chi connectivity index (χ3n) is 1.63. The average Bonchev–Trinajstić information content (AvgIpc) is 2.26. The van der Waals surface area contributed by atoms with Crippen LogP contribution in [0, 0.1) is 0 Å². The van der Waals surface area contributed by atoms with Crippen molar-refractivity contribution in [2.45, 2.75) is 19.8 Å². The molecule has 0 aromatic heterocycles. The Labute approximate surface area is 120 Å². The second-order valence-corrected chi connectivity index (χ2v) is 3.27. The van der Waals surface area contributed by atoms with Crippen LogP contribution >= 0.6 is 12.6 Å². The molecule has 0 unspecified atom stereocenters. The zero-order valence-electron chi connectivity index (χ0n) is 9.68. The van der Waals surface area contributed by atoms with Crippen LogP contribution in [-0.4, -0.2) is 69.2 Å². The summed E-state index contributed by atoms with van der Waals surface area (Å²) in [5.74, 6) is -0.207. The molecule has 0 saturated heterocycles. The Balaban J connectivity index is 0. The predicted molar refractivity (Wildman–Crippen MR) is 67.1 cm³/mol. The molecular weight excluding hydrogens is 338 g/mol. The number of thiol groups is 1. The third-order valence-corrected chi connectivity index (χ3v) is 1.89. The maximum atomic E-state index is 10.6. The summed E-state index contributed by atoms with van der Waals surface area (Å²) in [7, 11) is 0. The van der Waals surface area contributed by atoms with E-state index >= 15 is 0 Å². The smallest absolute Gasteiger partial charge is 0.463 e. The molecule has 0 N–H and O–H groups in total. The number of esters is 1. The van der Waals surface area contributed by atoms with Crippen molar-refractivity contribution < 1.29 is 19.0 Å². The van der Waals surface area contributed by atoms with Gasteiger partial charge in [0, 0.05) is 6.61 Å². The second-order valence-electron chi connectivity index (χ2n) is 2.96. The van der Waals surface area contributed by atoms with Crippen LogP contribution in [0.1, 0.15) is 19.8 Å². The molecule has 0 heterocycles. The Morgan fingerprint density at radius 3 is 2.19 bits per heavy atom. The van der Waals surface area contributed by atoms with Crippen molar-refractivity contribution in [3.63, 3.8) is 0 Å². The average molecular weight is 358 g/mol. The first-order valence-corrected chi connectivity index (χ1v) is 5.86. The monoisotopic (exact) mass is 357 g/mol. The van der Waals surface area contributed by atoms with Gasteiger partial charge in [-0.1, -0.05) is 13.3 Å². The van der Waals surface area contributed by atoms with Gasteiger partial charge in [0.05, 0.1) is 25.6 Å². The zero-order chi connectivity index (χ0) is 11.4. The Morgan fingerprint density at radius 2 is 1.62 bits per heavy atom. The molecule has 4 nitrogen and oxygen atoms in total. The quantitative estimate of drug-likeness (QED) is 0.273. The number of ether oxygens (including phenoxy) is 3. The van der Waals surface area contributed by atoms with Crippen molar-refractivity contribution in [2.75, 3.05) is 38.8 Å². The maximum absolute atomic E-state index is 10.6. The first kappa shape index (κ1) is 18.9. The minimum absolute atomic E-state index is 0. The second kappa shape index (κ2) is 15.6. The van der Waals surface area contributed by atoms with Gasteiger partial charge >= 0.3 is 30.4 Å². The molecule has 0 radical (unpaired) electrons. The van der Waals surface area contributed by atoms with E-state index in [4.69, 9.17) is 14.2 Å². The predicted octanol–water partition coefficient (Wildman–Crippen LogP) is 0.912. The number of hydrogen-bond donors (Lipinski definition) is 1. The standard InChI is InChI=1S/C10H20O4S.Sb/c1-2-3-4-12-5-6-13-7-8-14-10(11)9-15;/h15H,2-9H2,1H3;/q;+5. The van der Waals surface area contributed by atoms with E-state index in [9.17, 15) is 4.79 Å². The molecule has 0 aromatic rings. The van der Waals surface area contributed by atoms with Gasteiger partial charge in [0.15, 0.2) is 0 Å². The fourth-order valence-corrected chi connectivity index (χ4v) is 0.920. The van der Waals surface area contributed by atoms with E-state index in [1.165, 1.54) is 0 Å². The molecule has 0 aliphatic rings. The molecule has 0 aliphatic heterocycles. The van der Waals surface area contributed by atoms with Crippen molar-refractivity contribution in [3.05, 3.63) is 0 Å². The van der Waals surface area contributed by atoms with Gasteiger partial charge in [0.1, 0.15) is 6.61 Å². The summed E-state index contributed by atoms with van der Waals surface area (Å²) in [6, 6.07) is 0. The van der Waals surface area contributed by atoms with E-state index in [2.05, 4.69) is 19.6 Å². The summed E-state index contributed by atoms with van der Waals surface area (Å²) < 4.78 is 15.2. The van der Waals surface area contributed by atoms with Crippen LogP contribution in [0.25, 0.3) is 0 Å². The van der Waals surface area contributed by atoms with Gasteiger partial charge in [0.25, 0.3) is 0 Å². The number of carbonyl (C=O) groups is 1. The molecule has 0 fully saturated rings. The van der Waals surface area contributed by atoms with Crippen LogP contribution in [0.3, 0.4) is 0 Å². The maximum Gasteiger partial charge on any atom is 5.00 e. The van der Waals surface area contributed by atoms with E-state index in [-0.39, 0.29) is 42.8 Å². The summed E-state index contributed by atoms with van der Waals surface area (Å²) in [6.45, 7) is 4.75. The Bertz CT molecular complexity index is 158. The summed E-state index contributed by atoms with van der Waals surface area (Å²) >= 11 is 3.77. The molecule has 90 valence electrons. The van der Waals surface area contributed by atoms with Crippen molar-refractivity contribution >= 4 is 43.0 Å². The van der Waals surface area contributed by atoms with E-state index in [0.717, 1.165) is 19.4 Å². The molecule has 0 saturated carbocycles. The van der Waals surface area contributed by atoms with E-state index in [1.807, 2.05) is 0 Å². The number of hydrogen-bond acceptors (Lipinski definition) is 5. The third kappa shape index (κ3) is 14.6. The topological polar surface area (TPSA) is 44.8 Å². The molecule has 0 amide bonds. The minimum Gasteiger partial charge on any atom is -0.463 e. The number of unbranched alkanes of at least 4 members (excludes halogenated alkanes) is 1. The fraction of sp³-hybridized carbons (Fsp3) is 0.900. The van der Waals surface area contributed by atoms with Crippen molar-refractivity contribution in [1.82, 2.24) is 0 Å². The molecule has 0 aromatic carbocycles. The van der Waals surface area contributed by atoms with Crippen LogP contribution in [0.5, 0.6) is 0 Å². The number of carbonyl (C=O) groups excluding carboxylic acids is 1. The summed E-state index contributed by atoms with van der Waals surface area (Å²) in [5.41, 5.74) is 0. The summed E-state index contributed by atoms with van der Waals surface area (Å²) in [4.78, 5) is 10.6. The molecule has 0 rings (SSSR count). The molecule has 6 heteroatoms. The van der Waals surface area contributed by atoms with Gasteiger partial charge in [-0.2, -0.15) is 12.6 Å². The van der Waals surface area contributed by atoms with Crippen LogP contribution in [0.15, 0.2) is 0 Å². The first-order chi connectivity index (χ1) is 7.31. The van der Waals surface area contributed by atoms with Gasteiger partial charge in [-0.3, -0.25) is 4.79 Å². The number of rotatable bonds is 10. The van der Waals surface area contributed by atoms with Gasteiger partial charge in [-0.15, -0.1) is 0 Å². The van der Waals surface area contributed by atoms with Crippen LogP contribution in [-0.2, 0) is 19.0 Å². The van der Waals surface area contributed by atoms with Crippen molar-refractivity contribution in [1.29, 1.82) is 0 Å². The summed E-state index contributed by atoms with van der Waals surface area (Å²) in [5, 5.41) is 0. The minimum atomic E-state index is -0.318.